The summed E-state index contributed by atoms with van der Waals surface area (Å²) in [5, 5.41) is 3.46. The van der Waals surface area contributed by atoms with Crippen molar-refractivity contribution in [2.24, 2.45) is 0 Å². The van der Waals surface area contributed by atoms with Crippen LogP contribution in [-0.2, 0) is 9.53 Å². The SMILES string of the molecule is CCOC(=O)c1noc(OC(C)=O)c1C. The third kappa shape index (κ3) is 2.55. The second kappa shape index (κ2) is 4.59. The van der Waals surface area contributed by atoms with Crippen molar-refractivity contribution in [2.45, 2.75) is 20.8 Å². The van der Waals surface area contributed by atoms with Gasteiger partial charge < -0.3 is 14.0 Å². The minimum atomic E-state index is -0.600. The summed E-state index contributed by atoms with van der Waals surface area (Å²) in [6.45, 7) is 4.71. The van der Waals surface area contributed by atoms with Gasteiger partial charge in [0.15, 0.2) is 5.69 Å². The van der Waals surface area contributed by atoms with E-state index in [1.54, 1.807) is 13.8 Å². The van der Waals surface area contributed by atoms with Crippen LogP contribution in [0.25, 0.3) is 0 Å². The Morgan fingerprint density at radius 1 is 1.47 bits per heavy atom. The molecule has 0 spiro atoms. The molecule has 15 heavy (non-hydrogen) atoms. The van der Waals surface area contributed by atoms with E-state index in [1.165, 1.54) is 6.92 Å². The Kier molecular flexibility index (Phi) is 3.43. The zero-order chi connectivity index (χ0) is 11.4. The highest BCUT2D eigenvalue weighted by atomic mass is 16.7. The van der Waals surface area contributed by atoms with E-state index in [1.807, 2.05) is 0 Å². The Morgan fingerprint density at radius 2 is 2.13 bits per heavy atom. The number of nitrogens with zero attached hydrogens (tertiary/aromatic N) is 1. The van der Waals surface area contributed by atoms with Crippen LogP contribution in [0.2, 0.25) is 0 Å². The molecular formula is C9H11NO5. The van der Waals surface area contributed by atoms with Gasteiger partial charge in [0.1, 0.15) is 0 Å². The lowest BCUT2D eigenvalue weighted by atomic mass is 10.3. The quantitative estimate of drug-likeness (QED) is 0.699. The third-order valence-electron chi connectivity index (χ3n) is 1.59. The van der Waals surface area contributed by atoms with Crippen LogP contribution in [0.15, 0.2) is 4.52 Å². The number of carbonyl (C=O) groups is 2. The standard InChI is InChI=1S/C9H11NO5/c1-4-13-8(12)7-5(2)9(15-10-7)14-6(3)11/h4H2,1-3H3. The van der Waals surface area contributed by atoms with Crippen LogP contribution in [0.5, 0.6) is 5.95 Å². The summed E-state index contributed by atoms with van der Waals surface area (Å²) in [6, 6.07) is 0. The van der Waals surface area contributed by atoms with E-state index < -0.39 is 11.9 Å². The minimum absolute atomic E-state index is 0.0214. The third-order valence-corrected chi connectivity index (χ3v) is 1.59. The first kappa shape index (κ1) is 11.2. The molecule has 0 aliphatic heterocycles. The molecule has 0 saturated carbocycles. The van der Waals surface area contributed by atoms with Crippen molar-refractivity contribution in [3.8, 4) is 5.95 Å². The summed E-state index contributed by atoms with van der Waals surface area (Å²) in [5.41, 5.74) is 0.372. The average molecular weight is 213 g/mol. The molecule has 1 rings (SSSR count). The molecule has 1 aromatic heterocycles. The molecule has 6 heteroatoms. The van der Waals surface area contributed by atoms with E-state index in [9.17, 15) is 9.59 Å². The maximum absolute atomic E-state index is 11.3. The van der Waals surface area contributed by atoms with Gasteiger partial charge in [-0.2, -0.15) is 0 Å². The lowest BCUT2D eigenvalue weighted by Gasteiger charge is -1.97. The number of aromatic nitrogens is 1. The number of carbonyl (C=O) groups excluding carboxylic acids is 2. The Hall–Kier alpha value is -1.85. The van der Waals surface area contributed by atoms with Gasteiger partial charge in [-0.15, -0.1) is 0 Å². The first-order valence-electron chi connectivity index (χ1n) is 4.38. The molecule has 82 valence electrons. The Morgan fingerprint density at radius 3 is 2.67 bits per heavy atom. The maximum atomic E-state index is 11.3. The van der Waals surface area contributed by atoms with Crippen molar-refractivity contribution >= 4 is 11.9 Å². The predicted octanol–water partition coefficient (Wildman–Crippen LogP) is 1.09. The Labute approximate surface area is 86.1 Å². The molecule has 0 aliphatic carbocycles. The van der Waals surface area contributed by atoms with E-state index in [0.29, 0.717) is 5.56 Å². The summed E-state index contributed by atoms with van der Waals surface area (Å²) < 4.78 is 14.1. The van der Waals surface area contributed by atoms with Gasteiger partial charge in [-0.1, -0.05) is 5.16 Å². The first-order valence-corrected chi connectivity index (χ1v) is 4.38. The van der Waals surface area contributed by atoms with Gasteiger partial charge >= 0.3 is 17.9 Å². The molecule has 0 saturated heterocycles. The van der Waals surface area contributed by atoms with Gasteiger partial charge in [0.2, 0.25) is 0 Å². The molecule has 0 bridgehead atoms. The van der Waals surface area contributed by atoms with Crippen LogP contribution >= 0.6 is 0 Å². The van der Waals surface area contributed by atoms with E-state index >= 15 is 0 Å². The number of esters is 2. The number of rotatable bonds is 3. The second-order valence-corrected chi connectivity index (χ2v) is 2.76. The molecule has 1 aromatic rings. The van der Waals surface area contributed by atoms with Gasteiger partial charge in [0, 0.05) is 6.92 Å². The molecule has 0 unspecified atom stereocenters. The molecule has 0 aromatic carbocycles. The predicted molar refractivity (Wildman–Crippen MR) is 48.5 cm³/mol. The second-order valence-electron chi connectivity index (χ2n) is 2.76. The van der Waals surface area contributed by atoms with E-state index in [-0.39, 0.29) is 18.2 Å². The molecule has 1 heterocycles. The van der Waals surface area contributed by atoms with E-state index in [2.05, 4.69) is 14.4 Å². The molecule has 0 atom stereocenters. The number of hydrogen-bond donors (Lipinski definition) is 0. The van der Waals surface area contributed by atoms with E-state index in [0.717, 1.165) is 0 Å². The van der Waals surface area contributed by atoms with Crippen molar-refractivity contribution < 1.29 is 23.6 Å². The van der Waals surface area contributed by atoms with Gasteiger partial charge in [0.05, 0.1) is 12.2 Å². The summed E-state index contributed by atoms with van der Waals surface area (Å²) >= 11 is 0. The van der Waals surface area contributed by atoms with Gasteiger partial charge in [0.25, 0.3) is 0 Å². The lowest BCUT2D eigenvalue weighted by molar-refractivity contribution is -0.133. The fourth-order valence-corrected chi connectivity index (χ4v) is 0.936. The topological polar surface area (TPSA) is 78.6 Å². The summed E-state index contributed by atoms with van der Waals surface area (Å²) in [4.78, 5) is 21.9. The molecule has 0 fully saturated rings. The minimum Gasteiger partial charge on any atom is -0.461 e. The van der Waals surface area contributed by atoms with Crippen LogP contribution in [-0.4, -0.2) is 23.7 Å². The van der Waals surface area contributed by atoms with Gasteiger partial charge in [-0.05, 0) is 13.8 Å². The zero-order valence-corrected chi connectivity index (χ0v) is 8.70. The Balaban J connectivity index is 2.88. The monoisotopic (exact) mass is 213 g/mol. The molecular weight excluding hydrogens is 202 g/mol. The molecule has 0 radical (unpaired) electrons. The van der Waals surface area contributed by atoms with Crippen molar-refractivity contribution in [1.29, 1.82) is 0 Å². The fourth-order valence-electron chi connectivity index (χ4n) is 0.936. The summed E-state index contributed by atoms with van der Waals surface area (Å²) in [7, 11) is 0. The van der Waals surface area contributed by atoms with Crippen LogP contribution in [0.1, 0.15) is 29.9 Å². The molecule has 0 amide bonds. The van der Waals surface area contributed by atoms with Crippen molar-refractivity contribution in [1.82, 2.24) is 5.16 Å². The number of ether oxygens (including phenoxy) is 2. The number of hydrogen-bond acceptors (Lipinski definition) is 6. The highest BCUT2D eigenvalue weighted by molar-refractivity contribution is 5.89. The van der Waals surface area contributed by atoms with E-state index in [4.69, 9.17) is 4.74 Å². The Bertz CT molecular complexity index is 382. The van der Waals surface area contributed by atoms with Crippen LogP contribution < -0.4 is 4.74 Å². The van der Waals surface area contributed by atoms with Crippen LogP contribution in [0.4, 0.5) is 0 Å². The van der Waals surface area contributed by atoms with Gasteiger partial charge in [-0.3, -0.25) is 4.79 Å². The summed E-state index contributed by atoms with van der Waals surface area (Å²) in [5.74, 6) is -1.22. The average Bonchev–Trinajstić information content (AvgIpc) is 2.48. The summed E-state index contributed by atoms with van der Waals surface area (Å²) in [6.07, 6.45) is 0. The van der Waals surface area contributed by atoms with Crippen LogP contribution in [0.3, 0.4) is 0 Å². The molecule has 6 nitrogen and oxygen atoms in total. The zero-order valence-electron chi connectivity index (χ0n) is 8.70. The normalized spacial score (nSPS) is 9.80. The van der Waals surface area contributed by atoms with Crippen molar-refractivity contribution in [2.75, 3.05) is 6.61 Å². The maximum Gasteiger partial charge on any atom is 0.360 e. The van der Waals surface area contributed by atoms with Crippen molar-refractivity contribution in [3.05, 3.63) is 11.3 Å². The molecule has 0 aliphatic rings. The largest absolute Gasteiger partial charge is 0.461 e. The lowest BCUT2D eigenvalue weighted by Crippen LogP contribution is -2.07. The van der Waals surface area contributed by atoms with Crippen LogP contribution in [0, 0.1) is 6.92 Å². The highest BCUT2D eigenvalue weighted by Gasteiger charge is 2.21. The van der Waals surface area contributed by atoms with Gasteiger partial charge in [-0.25, -0.2) is 4.79 Å². The fraction of sp³-hybridized carbons (Fsp3) is 0.444. The highest BCUT2D eigenvalue weighted by Crippen LogP contribution is 2.21. The smallest absolute Gasteiger partial charge is 0.360 e. The molecule has 0 N–H and O–H groups in total. The van der Waals surface area contributed by atoms with Crippen molar-refractivity contribution in [3.63, 3.8) is 0 Å². The first-order chi connectivity index (χ1) is 7.06.